The van der Waals surface area contributed by atoms with E-state index in [0.29, 0.717) is 0 Å². The summed E-state index contributed by atoms with van der Waals surface area (Å²) in [5.41, 5.74) is 0. The predicted octanol–water partition coefficient (Wildman–Crippen LogP) is 3.02. The summed E-state index contributed by atoms with van der Waals surface area (Å²) in [6, 6.07) is 0. The molecule has 1 N–H and O–H groups in total. The minimum absolute atomic E-state index is 0.735. The van der Waals surface area contributed by atoms with Crippen molar-refractivity contribution in [2.24, 2.45) is 0 Å². The Morgan fingerprint density at radius 1 is 1.36 bits per heavy atom. The van der Waals surface area contributed by atoms with Gasteiger partial charge in [0.15, 0.2) is 0 Å². The van der Waals surface area contributed by atoms with E-state index in [9.17, 15) is 0 Å². The second-order valence-corrected chi connectivity index (χ2v) is 4.86. The van der Waals surface area contributed by atoms with Gasteiger partial charge in [0.2, 0.25) is 5.13 Å². The van der Waals surface area contributed by atoms with Crippen LogP contribution in [0.1, 0.15) is 50.0 Å². The number of unbranched alkanes of at least 4 members (excludes halogenated alkanes) is 2. The van der Waals surface area contributed by atoms with E-state index in [1.165, 1.54) is 37.1 Å². The van der Waals surface area contributed by atoms with Gasteiger partial charge in [-0.15, -0.1) is 10.2 Å². The Kier molecular flexibility index (Phi) is 3.35. The molecule has 78 valence electrons. The first kappa shape index (κ1) is 9.90. The van der Waals surface area contributed by atoms with E-state index < -0.39 is 0 Å². The SMILES string of the molecule is CCCCCNc1nnc(C2CC2)s1. The van der Waals surface area contributed by atoms with Crippen LogP contribution in [0.5, 0.6) is 0 Å². The summed E-state index contributed by atoms with van der Waals surface area (Å²) in [6.45, 7) is 3.25. The highest BCUT2D eigenvalue weighted by Gasteiger charge is 2.27. The summed E-state index contributed by atoms with van der Waals surface area (Å²) in [4.78, 5) is 0. The average molecular weight is 211 g/mol. The van der Waals surface area contributed by atoms with Crippen molar-refractivity contribution in [3.05, 3.63) is 5.01 Å². The van der Waals surface area contributed by atoms with Gasteiger partial charge in [-0.05, 0) is 19.3 Å². The Hall–Kier alpha value is -0.640. The first-order valence-corrected chi connectivity index (χ1v) is 6.29. The van der Waals surface area contributed by atoms with Crippen LogP contribution >= 0.6 is 11.3 Å². The Balaban J connectivity index is 1.72. The maximum absolute atomic E-state index is 4.18. The zero-order valence-electron chi connectivity index (χ0n) is 8.62. The van der Waals surface area contributed by atoms with Crippen molar-refractivity contribution in [1.82, 2.24) is 10.2 Å². The van der Waals surface area contributed by atoms with E-state index in [1.54, 1.807) is 11.3 Å². The van der Waals surface area contributed by atoms with Crippen LogP contribution in [0.3, 0.4) is 0 Å². The molecule has 1 aliphatic carbocycles. The number of rotatable bonds is 6. The van der Waals surface area contributed by atoms with E-state index in [0.717, 1.165) is 17.6 Å². The Morgan fingerprint density at radius 2 is 2.21 bits per heavy atom. The minimum Gasteiger partial charge on any atom is -0.360 e. The second-order valence-electron chi connectivity index (χ2n) is 3.85. The fraction of sp³-hybridized carbons (Fsp3) is 0.800. The molecule has 0 amide bonds. The van der Waals surface area contributed by atoms with Crippen LogP contribution in [0.4, 0.5) is 5.13 Å². The Morgan fingerprint density at radius 3 is 2.93 bits per heavy atom. The minimum atomic E-state index is 0.735. The van der Waals surface area contributed by atoms with Crippen LogP contribution in [-0.4, -0.2) is 16.7 Å². The standard InChI is InChI=1S/C10H17N3S/c1-2-3-4-7-11-10-13-12-9(14-10)8-5-6-8/h8H,2-7H2,1H3,(H,11,13). The molecule has 0 aliphatic heterocycles. The molecular formula is C10H17N3S. The van der Waals surface area contributed by atoms with Crippen LogP contribution in [0.2, 0.25) is 0 Å². The third-order valence-corrected chi connectivity index (χ3v) is 3.47. The number of hydrogen-bond donors (Lipinski definition) is 1. The fourth-order valence-corrected chi connectivity index (χ4v) is 2.31. The van der Waals surface area contributed by atoms with E-state index in [1.807, 2.05) is 0 Å². The van der Waals surface area contributed by atoms with Crippen molar-refractivity contribution in [3.63, 3.8) is 0 Å². The van der Waals surface area contributed by atoms with Gasteiger partial charge in [0.25, 0.3) is 0 Å². The zero-order chi connectivity index (χ0) is 9.80. The normalized spacial score (nSPS) is 15.8. The van der Waals surface area contributed by atoms with Crippen LogP contribution in [0.25, 0.3) is 0 Å². The maximum Gasteiger partial charge on any atom is 0.205 e. The van der Waals surface area contributed by atoms with E-state index in [2.05, 4.69) is 22.4 Å². The third kappa shape index (κ3) is 2.67. The Labute approximate surface area is 88.9 Å². The summed E-state index contributed by atoms with van der Waals surface area (Å²) in [5, 5.41) is 13.9. The van der Waals surface area contributed by atoms with Crippen molar-refractivity contribution < 1.29 is 0 Å². The van der Waals surface area contributed by atoms with Crippen molar-refractivity contribution in [3.8, 4) is 0 Å². The van der Waals surface area contributed by atoms with E-state index in [-0.39, 0.29) is 0 Å². The molecular weight excluding hydrogens is 194 g/mol. The highest BCUT2D eigenvalue weighted by molar-refractivity contribution is 7.15. The van der Waals surface area contributed by atoms with Crippen LogP contribution in [0.15, 0.2) is 0 Å². The van der Waals surface area contributed by atoms with Gasteiger partial charge in [0, 0.05) is 12.5 Å². The average Bonchev–Trinajstić information content (AvgIpc) is 2.94. The second kappa shape index (κ2) is 4.73. The van der Waals surface area contributed by atoms with Crippen molar-refractivity contribution in [1.29, 1.82) is 0 Å². The van der Waals surface area contributed by atoms with Crippen molar-refractivity contribution >= 4 is 16.5 Å². The molecule has 14 heavy (non-hydrogen) atoms. The molecule has 0 bridgehead atoms. The lowest BCUT2D eigenvalue weighted by molar-refractivity contribution is 0.742. The zero-order valence-corrected chi connectivity index (χ0v) is 9.44. The molecule has 1 fully saturated rings. The number of aromatic nitrogens is 2. The predicted molar refractivity (Wildman–Crippen MR) is 59.9 cm³/mol. The molecule has 3 nitrogen and oxygen atoms in total. The molecule has 4 heteroatoms. The first-order valence-electron chi connectivity index (χ1n) is 5.47. The molecule has 1 aliphatic rings. The maximum atomic E-state index is 4.18. The van der Waals surface area contributed by atoms with Gasteiger partial charge >= 0.3 is 0 Å². The van der Waals surface area contributed by atoms with Crippen LogP contribution < -0.4 is 5.32 Å². The highest BCUT2D eigenvalue weighted by Crippen LogP contribution is 2.41. The number of anilines is 1. The molecule has 1 heterocycles. The number of hydrogen-bond acceptors (Lipinski definition) is 4. The molecule has 0 radical (unpaired) electrons. The molecule has 1 saturated carbocycles. The molecule has 0 atom stereocenters. The van der Waals surface area contributed by atoms with Gasteiger partial charge in [-0.25, -0.2) is 0 Å². The lowest BCUT2D eigenvalue weighted by Gasteiger charge is -1.99. The van der Waals surface area contributed by atoms with Gasteiger partial charge in [-0.2, -0.15) is 0 Å². The monoisotopic (exact) mass is 211 g/mol. The molecule has 2 rings (SSSR count). The van der Waals surface area contributed by atoms with Crippen LogP contribution in [-0.2, 0) is 0 Å². The molecule has 0 unspecified atom stereocenters. The van der Waals surface area contributed by atoms with E-state index in [4.69, 9.17) is 0 Å². The summed E-state index contributed by atoms with van der Waals surface area (Å²) in [6.07, 6.45) is 6.41. The summed E-state index contributed by atoms with van der Waals surface area (Å²) in [5.74, 6) is 0.735. The summed E-state index contributed by atoms with van der Waals surface area (Å²) >= 11 is 1.73. The van der Waals surface area contributed by atoms with Gasteiger partial charge in [0.05, 0.1) is 0 Å². The number of nitrogens with one attached hydrogen (secondary N) is 1. The number of nitrogens with zero attached hydrogens (tertiary/aromatic N) is 2. The fourth-order valence-electron chi connectivity index (χ4n) is 1.37. The molecule has 0 spiro atoms. The largest absolute Gasteiger partial charge is 0.360 e. The Bertz CT molecular complexity index is 281. The third-order valence-electron chi connectivity index (χ3n) is 2.42. The highest BCUT2D eigenvalue weighted by atomic mass is 32.1. The summed E-state index contributed by atoms with van der Waals surface area (Å²) < 4.78 is 0. The topological polar surface area (TPSA) is 37.8 Å². The van der Waals surface area contributed by atoms with Crippen LogP contribution in [0, 0.1) is 0 Å². The first-order chi connectivity index (χ1) is 6.90. The summed E-state index contributed by atoms with van der Waals surface area (Å²) in [7, 11) is 0. The molecule has 0 aromatic carbocycles. The lowest BCUT2D eigenvalue weighted by Crippen LogP contribution is -2.00. The van der Waals surface area contributed by atoms with Crippen molar-refractivity contribution in [2.75, 3.05) is 11.9 Å². The van der Waals surface area contributed by atoms with Gasteiger partial charge < -0.3 is 5.32 Å². The molecule has 1 aromatic heterocycles. The smallest absolute Gasteiger partial charge is 0.205 e. The van der Waals surface area contributed by atoms with Gasteiger partial charge in [0.1, 0.15) is 5.01 Å². The molecule has 0 saturated heterocycles. The molecule has 1 aromatic rings. The van der Waals surface area contributed by atoms with Crippen molar-refractivity contribution in [2.45, 2.75) is 44.9 Å². The lowest BCUT2D eigenvalue weighted by atomic mass is 10.2. The van der Waals surface area contributed by atoms with Gasteiger partial charge in [-0.3, -0.25) is 0 Å². The van der Waals surface area contributed by atoms with E-state index >= 15 is 0 Å². The quantitative estimate of drug-likeness (QED) is 0.735. The van der Waals surface area contributed by atoms with Gasteiger partial charge in [-0.1, -0.05) is 31.1 Å².